The molecule has 178 valence electrons. The molecule has 2 amide bonds. The molecule has 0 bridgehead atoms. The first-order valence-electron chi connectivity index (χ1n) is 9.76. The van der Waals surface area contributed by atoms with Gasteiger partial charge in [0.15, 0.2) is 0 Å². The minimum Gasteiger partial charge on any atom is -0.428 e. The van der Waals surface area contributed by atoms with Crippen molar-refractivity contribution in [1.29, 1.82) is 0 Å². The van der Waals surface area contributed by atoms with E-state index in [4.69, 9.17) is 0 Å². The highest BCUT2D eigenvalue weighted by Crippen LogP contribution is 2.27. The fraction of sp³-hybridized carbons (Fsp3) is 0.182. The van der Waals surface area contributed by atoms with Crippen LogP contribution in [0.3, 0.4) is 0 Å². The molecule has 34 heavy (non-hydrogen) atoms. The third-order valence-electron chi connectivity index (χ3n) is 4.52. The fourth-order valence-corrected chi connectivity index (χ4v) is 2.78. The summed E-state index contributed by atoms with van der Waals surface area (Å²) in [7, 11) is 1.64. The van der Waals surface area contributed by atoms with Crippen LogP contribution < -0.4 is 15.5 Å². The van der Waals surface area contributed by atoms with Crippen LogP contribution in [0, 0.1) is 0 Å². The lowest BCUT2D eigenvalue weighted by Crippen LogP contribution is -2.33. The largest absolute Gasteiger partial charge is 0.461 e. The Balaban J connectivity index is 1.68. The number of nitrogens with one attached hydrogen (secondary N) is 2. The minimum absolute atomic E-state index is 0.128. The van der Waals surface area contributed by atoms with E-state index in [0.717, 1.165) is 12.1 Å². The van der Waals surface area contributed by atoms with E-state index in [0.29, 0.717) is 22.7 Å². The molecular weight excluding hydrogens is 458 g/mol. The van der Waals surface area contributed by atoms with Gasteiger partial charge in [-0.2, -0.15) is 27.8 Å². The van der Waals surface area contributed by atoms with Crippen LogP contribution in [0.5, 0.6) is 5.75 Å². The maximum Gasteiger partial charge on any atom is 0.461 e. The van der Waals surface area contributed by atoms with Crippen molar-refractivity contribution >= 4 is 23.2 Å². The van der Waals surface area contributed by atoms with E-state index in [1.165, 1.54) is 23.0 Å². The van der Waals surface area contributed by atoms with Gasteiger partial charge in [0.05, 0.1) is 5.71 Å². The molecule has 0 aliphatic rings. The Morgan fingerprint density at radius 1 is 1.06 bits per heavy atom. The average Bonchev–Trinajstić information content (AvgIpc) is 3.23. The first-order chi connectivity index (χ1) is 16.1. The van der Waals surface area contributed by atoms with Crippen LogP contribution >= 0.6 is 0 Å². The molecule has 0 spiro atoms. The van der Waals surface area contributed by atoms with Crippen LogP contribution in [0.1, 0.15) is 33.3 Å². The number of benzene rings is 2. The number of carbonyl (C=O) groups excluding carboxylic acids is 2. The predicted octanol–water partition coefficient (Wildman–Crippen LogP) is 4.06. The number of nitrogens with zero attached hydrogens (tertiary/aromatic N) is 3. The number of anilines is 1. The van der Waals surface area contributed by atoms with Crippen molar-refractivity contribution < 1.29 is 31.9 Å². The quantitative estimate of drug-likeness (QED) is 0.291. The number of aryl methyl sites for hydroxylation is 1. The van der Waals surface area contributed by atoms with Gasteiger partial charge in [-0.15, -0.1) is 0 Å². The maximum absolute atomic E-state index is 13.1. The van der Waals surface area contributed by atoms with Gasteiger partial charge in [0, 0.05) is 24.5 Å². The lowest BCUT2D eigenvalue weighted by atomic mass is 10.1. The first-order valence-corrected chi connectivity index (χ1v) is 9.76. The number of carbonyl (C=O) groups is 2. The summed E-state index contributed by atoms with van der Waals surface area (Å²) in [4.78, 5) is 24.7. The van der Waals surface area contributed by atoms with Crippen LogP contribution in [0.2, 0.25) is 0 Å². The number of halogens is 4. The molecule has 0 fully saturated rings. The zero-order valence-electron chi connectivity index (χ0n) is 17.9. The molecular formula is C22H19F4N5O3. The average molecular weight is 477 g/mol. The molecule has 3 rings (SSSR count). The number of hydrogen-bond donors (Lipinski definition) is 2. The second-order valence-electron chi connectivity index (χ2n) is 7.01. The van der Waals surface area contributed by atoms with Gasteiger partial charge in [-0.25, -0.2) is 5.43 Å². The molecule has 0 saturated heterocycles. The lowest BCUT2D eigenvalue weighted by Gasteiger charge is -2.17. The van der Waals surface area contributed by atoms with Gasteiger partial charge in [0.1, 0.15) is 11.4 Å². The molecule has 0 unspecified atom stereocenters. The monoisotopic (exact) mass is 477 g/mol. The third kappa shape index (κ3) is 5.97. The normalized spacial score (nSPS) is 11.9. The molecule has 2 N–H and O–H groups in total. The summed E-state index contributed by atoms with van der Waals surface area (Å²) < 4.78 is 56.2. The molecule has 1 aromatic heterocycles. The molecule has 0 aliphatic heterocycles. The zero-order valence-corrected chi connectivity index (χ0v) is 17.9. The van der Waals surface area contributed by atoms with E-state index < -0.39 is 24.2 Å². The van der Waals surface area contributed by atoms with Crippen molar-refractivity contribution in [3.05, 3.63) is 77.6 Å². The Kier molecular flexibility index (Phi) is 7.29. The van der Waals surface area contributed by atoms with Gasteiger partial charge in [0.25, 0.3) is 11.8 Å². The Labute approximate surface area is 191 Å². The second-order valence-corrected chi connectivity index (χ2v) is 7.01. The topological polar surface area (TPSA) is 97.6 Å². The molecule has 1 heterocycles. The Morgan fingerprint density at radius 2 is 1.76 bits per heavy atom. The summed E-state index contributed by atoms with van der Waals surface area (Å²) in [5, 5.41) is 10.6. The number of rotatable bonds is 8. The number of alkyl halides is 4. The molecule has 8 nitrogen and oxygen atoms in total. The van der Waals surface area contributed by atoms with Crippen molar-refractivity contribution in [2.45, 2.75) is 19.5 Å². The van der Waals surface area contributed by atoms with Crippen molar-refractivity contribution in [3.8, 4) is 5.75 Å². The molecule has 3 aromatic rings. The van der Waals surface area contributed by atoms with Gasteiger partial charge >= 0.3 is 12.5 Å². The molecule has 12 heteroatoms. The van der Waals surface area contributed by atoms with E-state index >= 15 is 0 Å². The van der Waals surface area contributed by atoms with Gasteiger partial charge in [0.2, 0.25) is 0 Å². The lowest BCUT2D eigenvalue weighted by molar-refractivity contribution is -0.253. The minimum atomic E-state index is -4.69. The summed E-state index contributed by atoms with van der Waals surface area (Å²) >= 11 is 0. The van der Waals surface area contributed by atoms with Crippen molar-refractivity contribution in [2.75, 3.05) is 5.32 Å². The Hall–Kier alpha value is -4.22. The molecule has 2 aromatic carbocycles. The van der Waals surface area contributed by atoms with Gasteiger partial charge in [-0.1, -0.05) is 18.2 Å². The van der Waals surface area contributed by atoms with Crippen LogP contribution in [-0.2, 0) is 7.05 Å². The van der Waals surface area contributed by atoms with Crippen LogP contribution in [0.25, 0.3) is 0 Å². The van der Waals surface area contributed by atoms with E-state index in [-0.39, 0.29) is 11.5 Å². The summed E-state index contributed by atoms with van der Waals surface area (Å²) in [5.74, 6) is -1.74. The highest BCUT2D eigenvalue weighted by molar-refractivity contribution is 6.05. The Bertz CT molecular complexity index is 1230. The predicted molar refractivity (Wildman–Crippen MR) is 115 cm³/mol. The van der Waals surface area contributed by atoms with E-state index in [9.17, 15) is 27.2 Å². The van der Waals surface area contributed by atoms with Crippen molar-refractivity contribution in [1.82, 2.24) is 15.2 Å². The van der Waals surface area contributed by atoms with E-state index in [1.807, 2.05) is 0 Å². The smallest absolute Gasteiger partial charge is 0.428 e. The number of ether oxygens (including phenoxy) is 1. The van der Waals surface area contributed by atoms with Crippen LogP contribution in [0.15, 0.2) is 65.9 Å². The van der Waals surface area contributed by atoms with Crippen LogP contribution in [0.4, 0.5) is 23.2 Å². The summed E-state index contributed by atoms with van der Waals surface area (Å²) in [6, 6.07) is 12.7. The van der Waals surface area contributed by atoms with Gasteiger partial charge in [-0.05, 0) is 48.9 Å². The number of hydrazone groups is 1. The van der Waals surface area contributed by atoms with Gasteiger partial charge < -0.3 is 10.1 Å². The molecule has 0 radical (unpaired) electrons. The summed E-state index contributed by atoms with van der Waals surface area (Å²) in [5.41, 5.74) is 3.93. The maximum atomic E-state index is 13.1. The molecule has 0 saturated carbocycles. The van der Waals surface area contributed by atoms with E-state index in [1.54, 1.807) is 44.3 Å². The fourth-order valence-electron chi connectivity index (χ4n) is 2.78. The van der Waals surface area contributed by atoms with Crippen molar-refractivity contribution in [2.24, 2.45) is 12.1 Å². The Morgan fingerprint density at radius 3 is 2.44 bits per heavy atom. The third-order valence-corrected chi connectivity index (χ3v) is 4.52. The van der Waals surface area contributed by atoms with Crippen LogP contribution in [-0.4, -0.2) is 39.8 Å². The van der Waals surface area contributed by atoms with Gasteiger partial charge in [-0.3, -0.25) is 14.3 Å². The second kappa shape index (κ2) is 10.1. The summed E-state index contributed by atoms with van der Waals surface area (Å²) in [6.45, 7) is 1.60. The van der Waals surface area contributed by atoms with E-state index in [2.05, 4.69) is 25.7 Å². The standard InChI is InChI=1S/C22H19F4N5O3/c1-13(14-5-3-7-16(11-14)28-20(33)18-9-10-27-31(18)2)29-30-19(32)15-6-4-8-17(12-15)34-22(25,26)21(23)24/h3-12,21H,1-2H3,(H,28,33)(H,30,32). The number of aromatic nitrogens is 2. The summed E-state index contributed by atoms with van der Waals surface area (Å²) in [6.07, 6.45) is -7.22. The number of amides is 2. The zero-order chi connectivity index (χ0) is 24.9. The highest BCUT2D eigenvalue weighted by Gasteiger charge is 2.44. The van der Waals surface area contributed by atoms with Crippen molar-refractivity contribution in [3.63, 3.8) is 0 Å². The molecule has 0 atom stereocenters. The first kappa shape index (κ1) is 24.4. The number of hydrogen-bond acceptors (Lipinski definition) is 5. The SMILES string of the molecule is CC(=NNC(=O)c1cccc(OC(F)(F)C(F)F)c1)c1cccc(NC(=O)c2ccnn2C)c1. The molecule has 0 aliphatic carbocycles. The highest BCUT2D eigenvalue weighted by atomic mass is 19.3.